The molecule has 0 aliphatic heterocycles. The van der Waals surface area contributed by atoms with Crippen molar-refractivity contribution in [3.8, 4) is 11.8 Å². The van der Waals surface area contributed by atoms with Gasteiger partial charge < -0.3 is 10.1 Å². The van der Waals surface area contributed by atoms with Crippen molar-refractivity contribution in [2.45, 2.75) is 25.8 Å². The molecule has 1 N–H and O–H groups in total. The standard InChI is InChI=1S/C16H18N2OS/c1-13(14-7-10-20-12-14)18-15-5-4-6-16(11-15)19-9-3-2-8-17/h4-7,10-13,18H,2-3,9H2,1H3. The number of benzene rings is 1. The summed E-state index contributed by atoms with van der Waals surface area (Å²) in [4.78, 5) is 0. The van der Waals surface area contributed by atoms with Crippen molar-refractivity contribution in [1.82, 2.24) is 0 Å². The largest absolute Gasteiger partial charge is 0.493 e. The van der Waals surface area contributed by atoms with E-state index in [4.69, 9.17) is 10.00 Å². The van der Waals surface area contributed by atoms with Crippen molar-refractivity contribution in [3.63, 3.8) is 0 Å². The Morgan fingerprint density at radius 3 is 3.05 bits per heavy atom. The van der Waals surface area contributed by atoms with E-state index in [1.165, 1.54) is 5.56 Å². The highest BCUT2D eigenvalue weighted by atomic mass is 32.1. The molecular weight excluding hydrogens is 268 g/mol. The monoisotopic (exact) mass is 286 g/mol. The van der Waals surface area contributed by atoms with Gasteiger partial charge in [0.25, 0.3) is 0 Å². The first kappa shape index (κ1) is 14.4. The highest BCUT2D eigenvalue weighted by Gasteiger charge is 2.06. The van der Waals surface area contributed by atoms with Crippen LogP contribution >= 0.6 is 11.3 Å². The summed E-state index contributed by atoms with van der Waals surface area (Å²) >= 11 is 1.71. The number of nitriles is 1. The fourth-order valence-corrected chi connectivity index (χ4v) is 2.63. The summed E-state index contributed by atoms with van der Waals surface area (Å²) in [6.07, 6.45) is 1.30. The van der Waals surface area contributed by atoms with E-state index in [0.29, 0.717) is 13.0 Å². The second-order valence-electron chi connectivity index (χ2n) is 4.56. The molecule has 1 heterocycles. The molecule has 4 heteroatoms. The van der Waals surface area contributed by atoms with Crippen LogP contribution in [0.5, 0.6) is 5.75 Å². The van der Waals surface area contributed by atoms with Crippen molar-refractivity contribution in [3.05, 3.63) is 46.7 Å². The first-order chi connectivity index (χ1) is 9.79. The summed E-state index contributed by atoms with van der Waals surface area (Å²) in [5.41, 5.74) is 2.33. The molecule has 0 bridgehead atoms. The van der Waals surface area contributed by atoms with E-state index < -0.39 is 0 Å². The lowest BCUT2D eigenvalue weighted by atomic mass is 10.1. The highest BCUT2D eigenvalue weighted by Crippen LogP contribution is 2.24. The van der Waals surface area contributed by atoms with Crippen LogP contribution in [0, 0.1) is 11.3 Å². The number of thiophene rings is 1. The molecule has 1 aromatic carbocycles. The maximum atomic E-state index is 8.48. The average Bonchev–Trinajstić information content (AvgIpc) is 2.98. The van der Waals surface area contributed by atoms with Gasteiger partial charge in [0.1, 0.15) is 5.75 Å². The van der Waals surface area contributed by atoms with Gasteiger partial charge in [0.15, 0.2) is 0 Å². The van der Waals surface area contributed by atoms with Crippen LogP contribution in [0.1, 0.15) is 31.4 Å². The number of nitrogens with zero attached hydrogens (tertiary/aromatic N) is 1. The summed E-state index contributed by atoms with van der Waals surface area (Å²) in [5, 5.41) is 16.2. The Kier molecular flexibility index (Phi) is 5.45. The molecule has 20 heavy (non-hydrogen) atoms. The van der Waals surface area contributed by atoms with E-state index in [-0.39, 0.29) is 6.04 Å². The molecule has 0 aliphatic rings. The van der Waals surface area contributed by atoms with E-state index in [1.54, 1.807) is 11.3 Å². The average molecular weight is 286 g/mol. The van der Waals surface area contributed by atoms with E-state index in [1.807, 2.05) is 24.3 Å². The fraction of sp³-hybridized carbons (Fsp3) is 0.312. The molecule has 1 aromatic heterocycles. The quantitative estimate of drug-likeness (QED) is 0.756. The minimum atomic E-state index is 0.273. The molecule has 1 atom stereocenters. The van der Waals surface area contributed by atoms with Gasteiger partial charge in [-0.1, -0.05) is 6.07 Å². The van der Waals surface area contributed by atoms with E-state index in [9.17, 15) is 0 Å². The third kappa shape index (κ3) is 4.29. The van der Waals surface area contributed by atoms with Crippen molar-refractivity contribution < 1.29 is 4.74 Å². The lowest BCUT2D eigenvalue weighted by Crippen LogP contribution is -2.05. The highest BCUT2D eigenvalue weighted by molar-refractivity contribution is 7.07. The Hall–Kier alpha value is -1.99. The van der Waals surface area contributed by atoms with Gasteiger partial charge in [-0.15, -0.1) is 0 Å². The Labute approximate surface area is 123 Å². The van der Waals surface area contributed by atoms with Gasteiger partial charge >= 0.3 is 0 Å². The number of ether oxygens (including phenoxy) is 1. The van der Waals surface area contributed by atoms with Crippen LogP contribution in [0.15, 0.2) is 41.1 Å². The predicted molar refractivity (Wildman–Crippen MR) is 83.1 cm³/mol. The normalized spacial score (nSPS) is 11.6. The summed E-state index contributed by atoms with van der Waals surface area (Å²) < 4.78 is 5.63. The molecule has 0 amide bonds. The molecular formula is C16H18N2OS. The zero-order valence-electron chi connectivity index (χ0n) is 11.5. The summed E-state index contributed by atoms with van der Waals surface area (Å²) in [7, 11) is 0. The molecule has 1 unspecified atom stereocenters. The van der Waals surface area contributed by atoms with Crippen molar-refractivity contribution in [2.75, 3.05) is 11.9 Å². The van der Waals surface area contributed by atoms with Gasteiger partial charge in [-0.05, 0) is 47.9 Å². The van der Waals surface area contributed by atoms with Gasteiger partial charge in [0.05, 0.1) is 12.7 Å². The number of rotatable bonds is 7. The van der Waals surface area contributed by atoms with Gasteiger partial charge in [0, 0.05) is 24.2 Å². The molecule has 0 radical (unpaired) electrons. The first-order valence-electron chi connectivity index (χ1n) is 6.68. The molecule has 3 nitrogen and oxygen atoms in total. The number of unbranched alkanes of at least 4 members (excludes halogenated alkanes) is 1. The minimum absolute atomic E-state index is 0.273. The van der Waals surface area contributed by atoms with Crippen LogP contribution in [0.25, 0.3) is 0 Å². The van der Waals surface area contributed by atoms with Crippen LogP contribution < -0.4 is 10.1 Å². The Morgan fingerprint density at radius 2 is 2.30 bits per heavy atom. The van der Waals surface area contributed by atoms with Crippen molar-refractivity contribution >= 4 is 17.0 Å². The van der Waals surface area contributed by atoms with Crippen LogP contribution in [0.4, 0.5) is 5.69 Å². The third-order valence-corrected chi connectivity index (χ3v) is 3.66. The number of hydrogen-bond acceptors (Lipinski definition) is 4. The predicted octanol–water partition coefficient (Wildman–Crippen LogP) is 4.60. The maximum absolute atomic E-state index is 8.48. The molecule has 0 fully saturated rings. The van der Waals surface area contributed by atoms with Crippen molar-refractivity contribution in [1.29, 1.82) is 5.26 Å². The molecule has 0 saturated carbocycles. The fourth-order valence-electron chi connectivity index (χ4n) is 1.87. The SMILES string of the molecule is CC(Nc1cccc(OCCCC#N)c1)c1ccsc1. The van der Waals surface area contributed by atoms with Gasteiger partial charge in [0.2, 0.25) is 0 Å². The van der Waals surface area contributed by atoms with Gasteiger partial charge in [-0.25, -0.2) is 0 Å². The van der Waals surface area contributed by atoms with Gasteiger partial charge in [-0.3, -0.25) is 0 Å². The van der Waals surface area contributed by atoms with Crippen LogP contribution in [0.3, 0.4) is 0 Å². The second-order valence-corrected chi connectivity index (χ2v) is 5.34. The van der Waals surface area contributed by atoms with Crippen LogP contribution in [-0.2, 0) is 0 Å². The summed E-state index contributed by atoms with van der Waals surface area (Å²) in [6, 6.07) is 12.5. The third-order valence-electron chi connectivity index (χ3n) is 2.96. The molecule has 0 spiro atoms. The molecule has 2 rings (SSSR count). The lowest BCUT2D eigenvalue weighted by molar-refractivity contribution is 0.313. The van der Waals surface area contributed by atoms with E-state index >= 15 is 0 Å². The topological polar surface area (TPSA) is 45.0 Å². The van der Waals surface area contributed by atoms with E-state index in [0.717, 1.165) is 17.9 Å². The smallest absolute Gasteiger partial charge is 0.121 e. The lowest BCUT2D eigenvalue weighted by Gasteiger charge is -2.15. The minimum Gasteiger partial charge on any atom is -0.493 e. The zero-order valence-corrected chi connectivity index (χ0v) is 12.3. The summed E-state index contributed by atoms with van der Waals surface area (Å²) in [6.45, 7) is 2.72. The number of anilines is 1. The molecule has 0 saturated heterocycles. The Balaban J connectivity index is 1.91. The number of nitrogens with one attached hydrogen (secondary N) is 1. The van der Waals surface area contributed by atoms with E-state index in [2.05, 4.69) is 35.1 Å². The Morgan fingerprint density at radius 1 is 1.40 bits per heavy atom. The molecule has 2 aromatic rings. The summed E-state index contributed by atoms with van der Waals surface area (Å²) in [5.74, 6) is 0.838. The zero-order chi connectivity index (χ0) is 14.2. The number of hydrogen-bond donors (Lipinski definition) is 1. The maximum Gasteiger partial charge on any atom is 0.121 e. The first-order valence-corrected chi connectivity index (χ1v) is 7.62. The molecule has 0 aliphatic carbocycles. The second kappa shape index (κ2) is 7.56. The van der Waals surface area contributed by atoms with Crippen LogP contribution in [-0.4, -0.2) is 6.61 Å². The molecule has 104 valence electrons. The van der Waals surface area contributed by atoms with Gasteiger partial charge in [-0.2, -0.15) is 16.6 Å². The van der Waals surface area contributed by atoms with Crippen molar-refractivity contribution in [2.24, 2.45) is 0 Å². The van der Waals surface area contributed by atoms with Crippen LogP contribution in [0.2, 0.25) is 0 Å². The Bertz CT molecular complexity index is 560.